The van der Waals surface area contributed by atoms with Gasteiger partial charge in [-0.3, -0.25) is 4.79 Å². The van der Waals surface area contributed by atoms with Crippen molar-refractivity contribution in [2.24, 2.45) is 0 Å². The molecule has 0 bridgehead atoms. The highest BCUT2D eigenvalue weighted by atomic mass is 16.6. The number of aryl methyl sites for hydroxylation is 1. The van der Waals surface area contributed by atoms with Crippen LogP contribution in [0.1, 0.15) is 62.1 Å². The van der Waals surface area contributed by atoms with Gasteiger partial charge in [-0.2, -0.15) is 0 Å². The Morgan fingerprint density at radius 1 is 1.03 bits per heavy atom. The van der Waals surface area contributed by atoms with E-state index in [4.69, 9.17) is 9.47 Å². The third kappa shape index (κ3) is 5.37. The molecule has 8 nitrogen and oxygen atoms in total. The molecule has 1 N–H and O–H groups in total. The molecule has 2 amide bonds. The van der Waals surface area contributed by atoms with Gasteiger partial charge in [-0.15, -0.1) is 0 Å². The number of hydrogen-bond donors (Lipinski definition) is 1. The van der Waals surface area contributed by atoms with E-state index in [9.17, 15) is 9.59 Å². The minimum Gasteiger partial charge on any atom is -0.491 e. The molecule has 0 radical (unpaired) electrons. The second-order valence-electron chi connectivity index (χ2n) is 10.3. The second-order valence-corrected chi connectivity index (χ2v) is 10.3. The summed E-state index contributed by atoms with van der Waals surface area (Å²) in [5, 5.41) is 4.02. The molecule has 35 heavy (non-hydrogen) atoms. The molecule has 1 aromatic heterocycles. The lowest BCUT2D eigenvalue weighted by molar-refractivity contribution is 0.0225. The number of nitrogens with one attached hydrogen (secondary N) is 1. The Balaban J connectivity index is 1.61. The van der Waals surface area contributed by atoms with E-state index >= 15 is 0 Å². The zero-order valence-electron chi connectivity index (χ0n) is 21.1. The Kier molecular flexibility index (Phi) is 6.40. The minimum atomic E-state index is -0.777. The summed E-state index contributed by atoms with van der Waals surface area (Å²) in [6.45, 7) is 12.1. The molecule has 2 heterocycles. The van der Waals surface area contributed by atoms with E-state index in [1.54, 1.807) is 17.0 Å². The van der Waals surface area contributed by atoms with E-state index in [1.165, 1.54) is 0 Å². The summed E-state index contributed by atoms with van der Waals surface area (Å²) in [6, 6.07) is 13.2. The molecule has 0 aliphatic carbocycles. The van der Waals surface area contributed by atoms with Crippen molar-refractivity contribution in [1.29, 1.82) is 0 Å². The van der Waals surface area contributed by atoms with Crippen LogP contribution in [-0.2, 0) is 16.8 Å². The number of carbonyl (C=O) groups excluding carboxylic acids is 2. The lowest BCUT2D eigenvalue weighted by Crippen LogP contribution is -2.42. The molecule has 8 heteroatoms. The summed E-state index contributed by atoms with van der Waals surface area (Å²) in [5.74, 6) is 0.841. The fourth-order valence-corrected chi connectivity index (χ4v) is 4.16. The Morgan fingerprint density at radius 2 is 1.77 bits per heavy atom. The van der Waals surface area contributed by atoms with Crippen LogP contribution in [0.25, 0.3) is 10.9 Å². The zero-order chi connectivity index (χ0) is 25.4. The van der Waals surface area contributed by atoms with Crippen LogP contribution in [0.3, 0.4) is 0 Å². The SMILES string of the molecule is Cc1nc(C(C)(C)NC(=O)c2cccc3c2OCCN(C(=O)OC(C)(C)C)C3)c2ccccc2n1. The standard InChI is InChI=1S/C27H32N4O4/c1-17-28-21-13-8-7-11-19(21)23(29-17)27(5,6)30-24(32)20-12-9-10-18-16-31(14-15-34-22(18)20)25(33)35-26(2,3)4/h7-13H,14-16H2,1-6H3,(H,30,32). The van der Waals surface area contributed by atoms with Gasteiger partial charge >= 0.3 is 6.09 Å². The number of para-hydroxylation sites is 2. The van der Waals surface area contributed by atoms with Crippen LogP contribution < -0.4 is 10.1 Å². The average molecular weight is 477 g/mol. The predicted octanol–water partition coefficient (Wildman–Crippen LogP) is 4.73. The number of ether oxygens (including phenoxy) is 2. The van der Waals surface area contributed by atoms with Gasteiger partial charge in [0.15, 0.2) is 0 Å². The normalized spacial score (nSPS) is 14.1. The highest BCUT2D eigenvalue weighted by Gasteiger charge is 2.31. The molecule has 1 aliphatic rings. The summed E-state index contributed by atoms with van der Waals surface area (Å²) in [6.07, 6.45) is -0.407. The second kappa shape index (κ2) is 9.17. The first-order valence-electron chi connectivity index (χ1n) is 11.7. The van der Waals surface area contributed by atoms with Crippen molar-refractivity contribution in [1.82, 2.24) is 20.2 Å². The first kappa shape index (κ1) is 24.4. The zero-order valence-corrected chi connectivity index (χ0v) is 21.1. The van der Waals surface area contributed by atoms with Gasteiger partial charge in [0, 0.05) is 10.9 Å². The van der Waals surface area contributed by atoms with E-state index in [0.29, 0.717) is 30.2 Å². The highest BCUT2D eigenvalue weighted by Crippen LogP contribution is 2.31. The topological polar surface area (TPSA) is 93.7 Å². The maximum Gasteiger partial charge on any atom is 0.410 e. The van der Waals surface area contributed by atoms with Crippen molar-refractivity contribution in [2.45, 2.75) is 59.2 Å². The molecular weight excluding hydrogens is 444 g/mol. The van der Waals surface area contributed by atoms with Crippen LogP contribution in [0.2, 0.25) is 0 Å². The molecule has 1 aliphatic heterocycles. The maximum atomic E-state index is 13.5. The van der Waals surface area contributed by atoms with Gasteiger partial charge in [-0.05, 0) is 53.7 Å². The third-order valence-electron chi connectivity index (χ3n) is 5.69. The molecule has 2 aromatic carbocycles. The fraction of sp³-hybridized carbons (Fsp3) is 0.407. The van der Waals surface area contributed by atoms with E-state index in [-0.39, 0.29) is 12.5 Å². The van der Waals surface area contributed by atoms with Crippen molar-refractivity contribution >= 4 is 22.9 Å². The van der Waals surface area contributed by atoms with E-state index in [0.717, 1.165) is 22.2 Å². The van der Waals surface area contributed by atoms with E-state index < -0.39 is 17.2 Å². The number of amides is 2. The van der Waals surface area contributed by atoms with Crippen molar-refractivity contribution < 1.29 is 19.1 Å². The smallest absolute Gasteiger partial charge is 0.410 e. The van der Waals surface area contributed by atoms with Gasteiger partial charge in [0.25, 0.3) is 5.91 Å². The van der Waals surface area contributed by atoms with Crippen molar-refractivity contribution in [3.05, 3.63) is 65.1 Å². The maximum absolute atomic E-state index is 13.5. The number of rotatable bonds is 3. The summed E-state index contributed by atoms with van der Waals surface area (Å²) >= 11 is 0. The van der Waals surface area contributed by atoms with Crippen LogP contribution in [-0.4, -0.2) is 45.6 Å². The van der Waals surface area contributed by atoms with Crippen LogP contribution in [0.5, 0.6) is 5.75 Å². The third-order valence-corrected chi connectivity index (χ3v) is 5.69. The number of fused-ring (bicyclic) bond motifs is 2. The first-order valence-corrected chi connectivity index (χ1v) is 11.7. The Labute approximate surface area is 205 Å². The summed E-state index contributed by atoms with van der Waals surface area (Å²) < 4.78 is 11.5. The Hall–Kier alpha value is -3.68. The summed E-state index contributed by atoms with van der Waals surface area (Å²) in [5.41, 5.74) is 1.37. The molecular formula is C27H32N4O4. The highest BCUT2D eigenvalue weighted by molar-refractivity contribution is 5.98. The van der Waals surface area contributed by atoms with Crippen molar-refractivity contribution in [3.8, 4) is 5.75 Å². The van der Waals surface area contributed by atoms with Gasteiger partial charge < -0.3 is 19.7 Å². The number of benzene rings is 2. The first-order chi connectivity index (χ1) is 16.4. The Bertz CT molecular complexity index is 1280. The van der Waals surface area contributed by atoms with Crippen LogP contribution in [0.4, 0.5) is 4.79 Å². The average Bonchev–Trinajstić information content (AvgIpc) is 2.99. The van der Waals surface area contributed by atoms with Crippen molar-refractivity contribution in [2.75, 3.05) is 13.2 Å². The van der Waals surface area contributed by atoms with Gasteiger partial charge in [-0.25, -0.2) is 14.8 Å². The van der Waals surface area contributed by atoms with Gasteiger partial charge in [0.1, 0.15) is 23.8 Å². The number of hydrogen-bond acceptors (Lipinski definition) is 6. The number of nitrogens with zero attached hydrogens (tertiary/aromatic N) is 3. The van der Waals surface area contributed by atoms with E-state index in [1.807, 2.05) is 71.9 Å². The monoisotopic (exact) mass is 476 g/mol. The van der Waals surface area contributed by atoms with Gasteiger partial charge in [0.2, 0.25) is 0 Å². The van der Waals surface area contributed by atoms with Gasteiger partial charge in [0.05, 0.1) is 35.4 Å². The largest absolute Gasteiger partial charge is 0.491 e. The lowest BCUT2D eigenvalue weighted by Gasteiger charge is -2.28. The van der Waals surface area contributed by atoms with Crippen LogP contribution in [0.15, 0.2) is 42.5 Å². The predicted molar refractivity (Wildman–Crippen MR) is 133 cm³/mol. The molecule has 0 fully saturated rings. The molecule has 0 unspecified atom stereocenters. The van der Waals surface area contributed by atoms with Crippen LogP contribution >= 0.6 is 0 Å². The lowest BCUT2D eigenvalue weighted by atomic mass is 9.95. The van der Waals surface area contributed by atoms with Crippen LogP contribution in [0, 0.1) is 6.92 Å². The molecule has 0 saturated heterocycles. The summed E-state index contributed by atoms with van der Waals surface area (Å²) in [4.78, 5) is 36.9. The molecule has 184 valence electrons. The molecule has 4 rings (SSSR count). The number of carbonyl (C=O) groups is 2. The molecule has 0 spiro atoms. The van der Waals surface area contributed by atoms with Gasteiger partial charge in [-0.1, -0.05) is 30.3 Å². The Morgan fingerprint density at radius 3 is 2.51 bits per heavy atom. The van der Waals surface area contributed by atoms with E-state index in [2.05, 4.69) is 15.3 Å². The molecule has 3 aromatic rings. The number of aromatic nitrogens is 2. The molecule has 0 saturated carbocycles. The quantitative estimate of drug-likeness (QED) is 0.587. The minimum absolute atomic E-state index is 0.260. The summed E-state index contributed by atoms with van der Waals surface area (Å²) in [7, 11) is 0. The fourth-order valence-electron chi connectivity index (χ4n) is 4.16. The molecule has 0 atom stereocenters. The van der Waals surface area contributed by atoms with Crippen molar-refractivity contribution in [3.63, 3.8) is 0 Å².